The van der Waals surface area contributed by atoms with E-state index in [9.17, 15) is 14.5 Å². The number of rotatable bonds is 3. The molecule has 7 heteroatoms. The normalized spacial score (nSPS) is 19.3. The Labute approximate surface area is 95.8 Å². The van der Waals surface area contributed by atoms with Gasteiger partial charge in [-0.3, -0.25) is 13.9 Å². The maximum absolute atomic E-state index is 12.1. The summed E-state index contributed by atoms with van der Waals surface area (Å²) < 4.78 is 2.47. The lowest BCUT2D eigenvalue weighted by Gasteiger charge is -2.12. The minimum absolute atomic E-state index is 0.0219. The van der Waals surface area contributed by atoms with Crippen molar-refractivity contribution < 1.29 is 0 Å². The molecule has 0 aliphatic heterocycles. The van der Waals surface area contributed by atoms with E-state index in [2.05, 4.69) is 5.18 Å². The highest BCUT2D eigenvalue weighted by molar-refractivity contribution is 5.56. The molecular weight excluding hydrogens is 224 g/mol. The summed E-state index contributed by atoms with van der Waals surface area (Å²) in [4.78, 5) is 34.7. The maximum atomic E-state index is 12.1. The fraction of sp³-hybridized carbons (Fsp3) is 0.600. The number of nitrogen functional groups attached to an aromatic ring is 1. The van der Waals surface area contributed by atoms with E-state index in [1.807, 2.05) is 0 Å². The Morgan fingerprint density at radius 2 is 1.59 bits per heavy atom. The SMILES string of the molecule is Nc1c(N=O)c(=O)n(C2CC2)c(=O)n1C1CC1. The number of hydrogen-bond acceptors (Lipinski definition) is 5. The van der Waals surface area contributed by atoms with E-state index in [0.717, 1.165) is 30.3 Å². The predicted octanol–water partition coefficient (Wildman–Crippen LogP) is 0.660. The molecule has 0 aromatic carbocycles. The summed E-state index contributed by atoms with van der Waals surface area (Å²) in [7, 11) is 0. The first-order valence-corrected chi connectivity index (χ1v) is 5.65. The van der Waals surface area contributed by atoms with Crippen molar-refractivity contribution in [1.29, 1.82) is 0 Å². The molecule has 1 heterocycles. The molecule has 2 aliphatic rings. The molecule has 0 saturated heterocycles. The Hall–Kier alpha value is -1.92. The monoisotopic (exact) mass is 236 g/mol. The minimum Gasteiger partial charge on any atom is -0.383 e. The molecule has 3 rings (SSSR count). The first-order chi connectivity index (χ1) is 8.15. The molecule has 0 spiro atoms. The lowest BCUT2D eigenvalue weighted by atomic mass is 10.4. The number of nitrogens with two attached hydrogens (primary N) is 1. The van der Waals surface area contributed by atoms with Gasteiger partial charge in [0, 0.05) is 12.1 Å². The van der Waals surface area contributed by atoms with Crippen LogP contribution in [0.2, 0.25) is 0 Å². The van der Waals surface area contributed by atoms with Crippen LogP contribution in [0.15, 0.2) is 14.8 Å². The summed E-state index contributed by atoms with van der Waals surface area (Å²) in [6.07, 6.45) is 3.29. The van der Waals surface area contributed by atoms with Gasteiger partial charge < -0.3 is 5.73 Å². The van der Waals surface area contributed by atoms with Gasteiger partial charge in [0.05, 0.1) is 0 Å². The molecule has 90 valence electrons. The van der Waals surface area contributed by atoms with E-state index >= 15 is 0 Å². The van der Waals surface area contributed by atoms with Crippen LogP contribution in [0.3, 0.4) is 0 Å². The van der Waals surface area contributed by atoms with E-state index in [1.54, 1.807) is 0 Å². The van der Waals surface area contributed by atoms with Gasteiger partial charge in [-0.15, -0.1) is 4.91 Å². The van der Waals surface area contributed by atoms with Gasteiger partial charge in [0.2, 0.25) is 5.69 Å². The molecule has 0 radical (unpaired) electrons. The number of anilines is 1. The van der Waals surface area contributed by atoms with E-state index < -0.39 is 11.2 Å². The van der Waals surface area contributed by atoms with Crippen LogP contribution in [0.5, 0.6) is 0 Å². The minimum atomic E-state index is -0.651. The second-order valence-corrected chi connectivity index (χ2v) is 4.62. The van der Waals surface area contributed by atoms with Crippen LogP contribution in [0.25, 0.3) is 0 Å². The Morgan fingerprint density at radius 1 is 1.06 bits per heavy atom. The number of nitrogens with zero attached hydrogens (tertiary/aromatic N) is 3. The van der Waals surface area contributed by atoms with Crippen molar-refractivity contribution >= 4 is 11.5 Å². The Balaban J connectivity index is 2.35. The molecule has 17 heavy (non-hydrogen) atoms. The third-order valence-electron chi connectivity index (χ3n) is 3.25. The number of aromatic nitrogens is 2. The second-order valence-electron chi connectivity index (χ2n) is 4.62. The van der Waals surface area contributed by atoms with Crippen molar-refractivity contribution in [3.8, 4) is 0 Å². The Morgan fingerprint density at radius 3 is 2.06 bits per heavy atom. The van der Waals surface area contributed by atoms with Crippen LogP contribution in [-0.4, -0.2) is 9.13 Å². The smallest absolute Gasteiger partial charge is 0.333 e. The standard InChI is InChI=1S/C10H12N4O3/c11-8-7(12-17)9(15)14(6-3-4-6)10(16)13(8)5-1-2-5/h5-6H,1-4,11H2. The van der Waals surface area contributed by atoms with E-state index in [4.69, 9.17) is 5.73 Å². The van der Waals surface area contributed by atoms with Crippen molar-refractivity contribution in [3.05, 3.63) is 25.7 Å². The Bertz CT molecular complexity index is 607. The first kappa shape index (κ1) is 10.2. The largest absolute Gasteiger partial charge is 0.383 e. The maximum Gasteiger partial charge on any atom is 0.333 e. The Kier molecular flexibility index (Phi) is 1.98. The molecule has 0 atom stereocenters. The molecule has 2 saturated carbocycles. The fourth-order valence-corrected chi connectivity index (χ4v) is 2.07. The lowest BCUT2D eigenvalue weighted by Crippen LogP contribution is -2.40. The third-order valence-corrected chi connectivity index (χ3v) is 3.25. The first-order valence-electron chi connectivity index (χ1n) is 5.65. The number of hydrogen-bond donors (Lipinski definition) is 1. The zero-order valence-corrected chi connectivity index (χ0v) is 9.13. The van der Waals surface area contributed by atoms with Crippen molar-refractivity contribution in [1.82, 2.24) is 9.13 Å². The topological polar surface area (TPSA) is 99.4 Å². The molecule has 0 bridgehead atoms. The van der Waals surface area contributed by atoms with Gasteiger partial charge in [0.25, 0.3) is 5.56 Å². The van der Waals surface area contributed by atoms with Gasteiger partial charge in [-0.1, -0.05) is 0 Å². The molecule has 2 N–H and O–H groups in total. The van der Waals surface area contributed by atoms with Gasteiger partial charge in [0.1, 0.15) is 5.82 Å². The van der Waals surface area contributed by atoms with Gasteiger partial charge in [-0.2, -0.15) is 0 Å². The van der Waals surface area contributed by atoms with Crippen LogP contribution < -0.4 is 17.0 Å². The second kappa shape index (κ2) is 3.28. The van der Waals surface area contributed by atoms with E-state index in [0.29, 0.717) is 0 Å². The molecule has 1 aromatic heterocycles. The average molecular weight is 236 g/mol. The third kappa shape index (κ3) is 1.42. The van der Waals surface area contributed by atoms with Crippen LogP contribution in [0.4, 0.5) is 11.5 Å². The van der Waals surface area contributed by atoms with Gasteiger partial charge in [-0.25, -0.2) is 4.79 Å². The lowest BCUT2D eigenvalue weighted by molar-refractivity contribution is 0.578. The molecule has 0 unspecified atom stereocenters. The predicted molar refractivity (Wildman–Crippen MR) is 61.4 cm³/mol. The van der Waals surface area contributed by atoms with E-state index in [1.165, 1.54) is 4.57 Å². The highest BCUT2D eigenvalue weighted by Gasteiger charge is 2.34. The molecule has 2 aliphatic carbocycles. The zero-order chi connectivity index (χ0) is 12.2. The molecule has 0 amide bonds. The van der Waals surface area contributed by atoms with Crippen molar-refractivity contribution in [2.75, 3.05) is 5.73 Å². The quantitative estimate of drug-likeness (QED) is 0.779. The zero-order valence-electron chi connectivity index (χ0n) is 9.13. The summed E-state index contributed by atoms with van der Waals surface area (Å²) in [5.41, 5.74) is 4.30. The summed E-state index contributed by atoms with van der Waals surface area (Å²) in [6, 6.07) is -0.0605. The van der Waals surface area contributed by atoms with Crippen molar-refractivity contribution in [2.24, 2.45) is 5.18 Å². The summed E-state index contributed by atoms with van der Waals surface area (Å²) in [5.74, 6) is -0.0885. The number of nitroso groups, excluding NO2 is 1. The summed E-state index contributed by atoms with van der Waals surface area (Å²) in [5, 5.41) is 2.68. The molecule has 1 aromatic rings. The highest BCUT2D eigenvalue weighted by Crippen LogP contribution is 2.38. The molecule has 2 fully saturated rings. The van der Waals surface area contributed by atoms with Gasteiger partial charge >= 0.3 is 5.69 Å². The van der Waals surface area contributed by atoms with Crippen LogP contribution in [-0.2, 0) is 0 Å². The van der Waals surface area contributed by atoms with Crippen LogP contribution in [0, 0.1) is 4.91 Å². The highest BCUT2D eigenvalue weighted by atomic mass is 16.3. The van der Waals surface area contributed by atoms with Crippen LogP contribution in [0.1, 0.15) is 37.8 Å². The van der Waals surface area contributed by atoms with Crippen molar-refractivity contribution in [2.45, 2.75) is 37.8 Å². The van der Waals surface area contributed by atoms with Gasteiger partial charge in [-0.05, 0) is 30.9 Å². The average Bonchev–Trinajstić information content (AvgIpc) is 3.12. The van der Waals surface area contributed by atoms with Gasteiger partial charge in [0.15, 0.2) is 0 Å². The summed E-state index contributed by atoms with van der Waals surface area (Å²) in [6.45, 7) is 0. The molecular formula is C10H12N4O3. The van der Waals surface area contributed by atoms with Crippen LogP contribution >= 0.6 is 0 Å². The fourth-order valence-electron chi connectivity index (χ4n) is 2.07. The van der Waals surface area contributed by atoms with E-state index in [-0.39, 0.29) is 23.6 Å². The summed E-state index contributed by atoms with van der Waals surface area (Å²) >= 11 is 0. The van der Waals surface area contributed by atoms with Crippen molar-refractivity contribution in [3.63, 3.8) is 0 Å². The molecule has 7 nitrogen and oxygen atoms in total.